The second kappa shape index (κ2) is 6.36. The summed E-state index contributed by atoms with van der Waals surface area (Å²) < 4.78 is 11.4. The first-order valence-corrected chi connectivity index (χ1v) is 6.79. The van der Waals surface area contributed by atoms with Crippen LogP contribution in [0.3, 0.4) is 0 Å². The van der Waals surface area contributed by atoms with Gasteiger partial charge in [0.15, 0.2) is 0 Å². The molecule has 0 radical (unpaired) electrons. The maximum Gasteiger partial charge on any atom is 0.118 e. The van der Waals surface area contributed by atoms with Gasteiger partial charge in [0.2, 0.25) is 0 Å². The van der Waals surface area contributed by atoms with E-state index in [0.717, 1.165) is 50.8 Å². The van der Waals surface area contributed by atoms with Crippen LogP contribution in [0.4, 0.5) is 0 Å². The van der Waals surface area contributed by atoms with E-state index in [2.05, 4.69) is 23.2 Å². The molecule has 0 spiro atoms. The third kappa shape index (κ3) is 3.13. The lowest BCUT2D eigenvalue weighted by molar-refractivity contribution is -0.0154. The largest absolute Gasteiger partial charge is 0.465 e. The third-order valence-electron chi connectivity index (χ3n) is 3.62. The number of furan rings is 1. The van der Waals surface area contributed by atoms with Gasteiger partial charge in [0, 0.05) is 24.7 Å². The second-order valence-electron chi connectivity index (χ2n) is 4.93. The van der Waals surface area contributed by atoms with Gasteiger partial charge in [-0.3, -0.25) is 4.90 Å². The molecule has 1 fully saturated rings. The molecule has 1 aliphatic rings. The maximum atomic E-state index is 5.84. The Morgan fingerprint density at radius 1 is 1.50 bits per heavy atom. The fourth-order valence-corrected chi connectivity index (χ4v) is 2.51. The zero-order valence-corrected chi connectivity index (χ0v) is 11.7. The lowest BCUT2D eigenvalue weighted by Crippen LogP contribution is -2.44. The van der Waals surface area contributed by atoms with Crippen molar-refractivity contribution in [2.75, 3.05) is 26.8 Å². The first-order chi connectivity index (χ1) is 8.74. The van der Waals surface area contributed by atoms with E-state index in [1.54, 1.807) is 0 Å². The molecule has 0 aliphatic carbocycles. The molecule has 1 aromatic heterocycles. The van der Waals surface area contributed by atoms with Crippen molar-refractivity contribution in [3.8, 4) is 0 Å². The van der Waals surface area contributed by atoms with E-state index < -0.39 is 0 Å². The highest BCUT2D eigenvalue weighted by Gasteiger charge is 2.22. The number of morpholine rings is 1. The van der Waals surface area contributed by atoms with Crippen LogP contribution in [0.1, 0.15) is 30.4 Å². The predicted molar refractivity (Wildman–Crippen MR) is 71.5 cm³/mol. The Morgan fingerprint density at radius 3 is 3.06 bits per heavy atom. The minimum Gasteiger partial charge on any atom is -0.465 e. The minimum atomic E-state index is 0.525. The molecular formula is C14H24N2O2. The van der Waals surface area contributed by atoms with Crippen LogP contribution in [0.15, 0.2) is 10.5 Å². The molecule has 1 atom stereocenters. The van der Waals surface area contributed by atoms with E-state index >= 15 is 0 Å². The molecule has 2 rings (SSSR count). The van der Waals surface area contributed by atoms with Crippen LogP contribution >= 0.6 is 0 Å². The number of ether oxygens (including phenoxy) is 1. The van der Waals surface area contributed by atoms with Crippen LogP contribution in [0, 0.1) is 6.92 Å². The molecule has 102 valence electrons. The Kier molecular flexibility index (Phi) is 4.80. The average molecular weight is 252 g/mol. The minimum absolute atomic E-state index is 0.525. The van der Waals surface area contributed by atoms with Gasteiger partial charge < -0.3 is 14.5 Å². The third-order valence-corrected chi connectivity index (χ3v) is 3.62. The molecule has 1 aromatic rings. The zero-order valence-electron chi connectivity index (χ0n) is 11.7. The molecule has 1 saturated heterocycles. The Morgan fingerprint density at radius 2 is 2.33 bits per heavy atom. The molecule has 0 saturated carbocycles. The number of rotatable bonds is 5. The molecule has 0 aromatic carbocycles. The van der Waals surface area contributed by atoms with Crippen molar-refractivity contribution in [3.63, 3.8) is 0 Å². The second-order valence-corrected chi connectivity index (χ2v) is 4.93. The Labute approximate surface area is 109 Å². The SMILES string of the molecule is CCC1COCCN1Cc1cc(CNC)c(C)o1. The fourth-order valence-electron chi connectivity index (χ4n) is 2.51. The summed E-state index contributed by atoms with van der Waals surface area (Å²) in [5.41, 5.74) is 1.26. The highest BCUT2D eigenvalue weighted by atomic mass is 16.5. The Bertz CT molecular complexity index is 376. The summed E-state index contributed by atoms with van der Waals surface area (Å²) in [6.45, 7) is 8.69. The van der Waals surface area contributed by atoms with Crippen molar-refractivity contribution < 1.29 is 9.15 Å². The van der Waals surface area contributed by atoms with Crippen LogP contribution in [0.2, 0.25) is 0 Å². The van der Waals surface area contributed by atoms with Gasteiger partial charge >= 0.3 is 0 Å². The first kappa shape index (κ1) is 13.6. The van der Waals surface area contributed by atoms with Crippen molar-refractivity contribution in [1.29, 1.82) is 0 Å². The summed E-state index contributed by atoms with van der Waals surface area (Å²) in [5, 5.41) is 3.17. The molecule has 1 N–H and O–H groups in total. The lowest BCUT2D eigenvalue weighted by Gasteiger charge is -2.34. The van der Waals surface area contributed by atoms with Gasteiger partial charge in [0.05, 0.1) is 19.8 Å². The average Bonchev–Trinajstić information content (AvgIpc) is 2.71. The summed E-state index contributed by atoms with van der Waals surface area (Å²) in [7, 11) is 1.96. The summed E-state index contributed by atoms with van der Waals surface area (Å²) in [5.74, 6) is 2.10. The number of aryl methyl sites for hydroxylation is 1. The van der Waals surface area contributed by atoms with E-state index in [0.29, 0.717) is 6.04 Å². The van der Waals surface area contributed by atoms with Crippen molar-refractivity contribution in [2.45, 2.75) is 39.4 Å². The molecule has 0 amide bonds. The summed E-state index contributed by atoms with van der Waals surface area (Å²) >= 11 is 0. The maximum absolute atomic E-state index is 5.84. The van der Waals surface area contributed by atoms with E-state index in [9.17, 15) is 0 Å². The van der Waals surface area contributed by atoms with Crippen LogP contribution in [-0.2, 0) is 17.8 Å². The van der Waals surface area contributed by atoms with Crippen molar-refractivity contribution in [3.05, 3.63) is 23.2 Å². The predicted octanol–water partition coefficient (Wildman–Crippen LogP) is 1.92. The fraction of sp³-hybridized carbons (Fsp3) is 0.714. The van der Waals surface area contributed by atoms with Gasteiger partial charge in [-0.1, -0.05) is 6.92 Å². The van der Waals surface area contributed by atoms with Gasteiger partial charge in [-0.05, 0) is 26.5 Å². The molecule has 0 bridgehead atoms. The van der Waals surface area contributed by atoms with Gasteiger partial charge in [0.1, 0.15) is 11.5 Å². The molecule has 4 nitrogen and oxygen atoms in total. The van der Waals surface area contributed by atoms with E-state index in [1.165, 1.54) is 5.56 Å². The summed E-state index contributed by atoms with van der Waals surface area (Å²) in [6.07, 6.45) is 1.13. The number of hydrogen-bond acceptors (Lipinski definition) is 4. The van der Waals surface area contributed by atoms with Crippen LogP contribution in [0.5, 0.6) is 0 Å². The van der Waals surface area contributed by atoms with Crippen molar-refractivity contribution >= 4 is 0 Å². The highest BCUT2D eigenvalue weighted by Crippen LogP contribution is 2.19. The molecule has 1 unspecified atom stereocenters. The summed E-state index contributed by atoms with van der Waals surface area (Å²) in [4.78, 5) is 2.46. The van der Waals surface area contributed by atoms with E-state index in [1.807, 2.05) is 14.0 Å². The van der Waals surface area contributed by atoms with Crippen LogP contribution in [-0.4, -0.2) is 37.7 Å². The van der Waals surface area contributed by atoms with Crippen molar-refractivity contribution in [1.82, 2.24) is 10.2 Å². The number of hydrogen-bond donors (Lipinski definition) is 1. The lowest BCUT2D eigenvalue weighted by atomic mass is 10.1. The zero-order chi connectivity index (χ0) is 13.0. The Hall–Kier alpha value is -0.840. The van der Waals surface area contributed by atoms with Gasteiger partial charge in [-0.25, -0.2) is 0 Å². The molecule has 2 heterocycles. The monoisotopic (exact) mass is 252 g/mol. The number of nitrogens with one attached hydrogen (secondary N) is 1. The normalized spacial score (nSPS) is 21.4. The first-order valence-electron chi connectivity index (χ1n) is 6.79. The smallest absolute Gasteiger partial charge is 0.118 e. The standard InChI is InChI=1S/C14H24N2O2/c1-4-13-10-17-6-5-16(13)9-14-7-12(8-15-3)11(2)18-14/h7,13,15H,4-6,8-10H2,1-3H3. The topological polar surface area (TPSA) is 37.6 Å². The molecule has 4 heteroatoms. The quantitative estimate of drug-likeness (QED) is 0.869. The number of nitrogens with zero attached hydrogens (tertiary/aromatic N) is 1. The van der Waals surface area contributed by atoms with Gasteiger partial charge in [0.25, 0.3) is 0 Å². The highest BCUT2D eigenvalue weighted by molar-refractivity contribution is 5.20. The summed E-state index contributed by atoms with van der Waals surface area (Å²) in [6, 6.07) is 2.70. The van der Waals surface area contributed by atoms with Crippen molar-refractivity contribution in [2.24, 2.45) is 0 Å². The van der Waals surface area contributed by atoms with Crippen LogP contribution in [0.25, 0.3) is 0 Å². The van der Waals surface area contributed by atoms with Gasteiger partial charge in [-0.15, -0.1) is 0 Å². The van der Waals surface area contributed by atoms with E-state index in [-0.39, 0.29) is 0 Å². The molecule has 18 heavy (non-hydrogen) atoms. The van der Waals surface area contributed by atoms with Crippen LogP contribution < -0.4 is 5.32 Å². The van der Waals surface area contributed by atoms with Gasteiger partial charge in [-0.2, -0.15) is 0 Å². The van der Waals surface area contributed by atoms with E-state index in [4.69, 9.17) is 9.15 Å². The Balaban J connectivity index is 2.01. The molecule has 1 aliphatic heterocycles. The molecular weight excluding hydrogens is 228 g/mol.